The fraction of sp³-hybridized carbons (Fsp3) is 0.286. The van der Waals surface area contributed by atoms with Crippen LogP contribution < -0.4 is 5.32 Å². The number of carbonyl (C=O) groups is 1. The van der Waals surface area contributed by atoms with Crippen molar-refractivity contribution >= 4 is 21.4 Å². The first-order chi connectivity index (χ1) is 10.7. The Balaban J connectivity index is 2.09. The highest BCUT2D eigenvalue weighted by Gasteiger charge is 2.29. The predicted molar refractivity (Wildman–Crippen MR) is 78.3 cm³/mol. The van der Waals surface area contributed by atoms with E-state index in [1.807, 2.05) is 0 Å². The van der Waals surface area contributed by atoms with Gasteiger partial charge in [0.05, 0.1) is 11.4 Å². The minimum Gasteiger partial charge on any atom is -0.361 e. The highest BCUT2D eigenvalue weighted by Crippen LogP contribution is 2.16. The van der Waals surface area contributed by atoms with Crippen molar-refractivity contribution < 1.29 is 26.5 Å². The zero-order valence-electron chi connectivity index (χ0n) is 12.3. The largest absolute Gasteiger partial charge is 0.361 e. The molecule has 2 rings (SSSR count). The second-order valence-corrected chi connectivity index (χ2v) is 7.32. The van der Waals surface area contributed by atoms with Crippen molar-refractivity contribution in [1.82, 2.24) is 5.16 Å². The van der Waals surface area contributed by atoms with Crippen LogP contribution in [0, 0.1) is 18.6 Å². The molecule has 1 amide bonds. The van der Waals surface area contributed by atoms with Crippen LogP contribution in [0.4, 0.5) is 14.5 Å². The van der Waals surface area contributed by atoms with E-state index in [1.54, 1.807) is 6.92 Å². The summed E-state index contributed by atoms with van der Waals surface area (Å²) in [6.07, 6.45) is 0. The van der Waals surface area contributed by atoms with Gasteiger partial charge in [-0.3, -0.25) is 4.79 Å². The van der Waals surface area contributed by atoms with Gasteiger partial charge in [0.25, 0.3) is 0 Å². The number of nitrogens with zero attached hydrogens (tertiary/aromatic N) is 1. The Labute approximate surface area is 131 Å². The van der Waals surface area contributed by atoms with Gasteiger partial charge in [-0.2, -0.15) is 0 Å². The Kier molecular flexibility index (Phi) is 4.79. The van der Waals surface area contributed by atoms with Crippen LogP contribution >= 0.6 is 0 Å². The molecule has 6 nitrogen and oxygen atoms in total. The zero-order chi connectivity index (χ0) is 17.2. The molecule has 1 aromatic heterocycles. The Morgan fingerprint density at radius 1 is 1.30 bits per heavy atom. The van der Waals surface area contributed by atoms with Crippen LogP contribution in [0.1, 0.15) is 18.4 Å². The van der Waals surface area contributed by atoms with Gasteiger partial charge in [0.1, 0.15) is 11.0 Å². The Bertz CT molecular complexity index is 833. The summed E-state index contributed by atoms with van der Waals surface area (Å²) in [5.41, 5.74) is 0.156. The van der Waals surface area contributed by atoms with Crippen LogP contribution in [0.25, 0.3) is 0 Å². The van der Waals surface area contributed by atoms with Crippen molar-refractivity contribution in [2.75, 3.05) is 5.32 Å². The molecule has 23 heavy (non-hydrogen) atoms. The third-order valence-corrected chi connectivity index (χ3v) is 5.11. The van der Waals surface area contributed by atoms with Gasteiger partial charge in [-0.25, -0.2) is 17.2 Å². The number of benzene rings is 1. The van der Waals surface area contributed by atoms with Crippen molar-refractivity contribution in [2.24, 2.45) is 0 Å². The standard InChI is InChI=1S/C14H14F2N2O4S/c1-8-5-11(18-22-8)7-23(20,21)9(2)14(19)17-10-3-4-12(15)13(16)6-10/h3-6,9H,7H2,1-2H3,(H,17,19)/t9-/m0/s1. The second kappa shape index (κ2) is 6.45. The number of hydrogen-bond donors (Lipinski definition) is 1. The minimum atomic E-state index is -3.84. The maximum absolute atomic E-state index is 13.1. The van der Waals surface area contributed by atoms with Gasteiger partial charge in [0.2, 0.25) is 5.91 Å². The molecule has 0 fully saturated rings. The molecule has 0 unspecified atom stereocenters. The smallest absolute Gasteiger partial charge is 0.242 e. The van der Waals surface area contributed by atoms with Crippen LogP contribution in [0.5, 0.6) is 0 Å². The summed E-state index contributed by atoms with van der Waals surface area (Å²) in [6.45, 7) is 2.82. The number of anilines is 1. The van der Waals surface area contributed by atoms with Crippen molar-refractivity contribution in [1.29, 1.82) is 0 Å². The Morgan fingerprint density at radius 3 is 2.57 bits per heavy atom. The summed E-state index contributed by atoms with van der Waals surface area (Å²) in [5.74, 6) is -3.07. The first-order valence-corrected chi connectivity index (χ1v) is 8.30. The van der Waals surface area contributed by atoms with E-state index < -0.39 is 38.4 Å². The van der Waals surface area contributed by atoms with Gasteiger partial charge in [0.15, 0.2) is 21.5 Å². The normalized spacial score (nSPS) is 12.9. The fourth-order valence-electron chi connectivity index (χ4n) is 1.80. The number of nitrogens with one attached hydrogen (secondary N) is 1. The predicted octanol–water partition coefficient (Wildman–Crippen LogP) is 2.20. The van der Waals surface area contributed by atoms with E-state index in [2.05, 4.69) is 10.5 Å². The number of aryl methyl sites for hydroxylation is 1. The number of carbonyl (C=O) groups excluding carboxylic acids is 1. The summed E-state index contributed by atoms with van der Waals surface area (Å²) in [6, 6.07) is 4.20. The van der Waals surface area contributed by atoms with Gasteiger partial charge in [-0.1, -0.05) is 5.16 Å². The van der Waals surface area contributed by atoms with E-state index in [0.717, 1.165) is 18.2 Å². The fourth-order valence-corrected chi connectivity index (χ4v) is 2.98. The SMILES string of the molecule is Cc1cc(CS(=O)(=O)[C@@H](C)C(=O)Nc2ccc(F)c(F)c2)no1. The average Bonchev–Trinajstić information content (AvgIpc) is 2.86. The first-order valence-electron chi connectivity index (χ1n) is 6.59. The van der Waals surface area contributed by atoms with E-state index in [9.17, 15) is 22.0 Å². The van der Waals surface area contributed by atoms with Crippen molar-refractivity contribution in [2.45, 2.75) is 24.9 Å². The summed E-state index contributed by atoms with van der Waals surface area (Å²) in [5, 5.41) is 4.41. The lowest BCUT2D eigenvalue weighted by atomic mass is 10.3. The van der Waals surface area contributed by atoms with Crippen LogP contribution in [0.15, 0.2) is 28.8 Å². The summed E-state index contributed by atoms with van der Waals surface area (Å²) >= 11 is 0. The third kappa shape index (κ3) is 4.13. The van der Waals surface area contributed by atoms with Crippen LogP contribution in [-0.4, -0.2) is 24.7 Å². The lowest BCUT2D eigenvalue weighted by Gasteiger charge is -2.12. The molecule has 1 heterocycles. The molecular weight excluding hydrogens is 330 g/mol. The van der Waals surface area contributed by atoms with E-state index in [-0.39, 0.29) is 11.4 Å². The maximum Gasteiger partial charge on any atom is 0.242 e. The van der Waals surface area contributed by atoms with E-state index in [0.29, 0.717) is 5.76 Å². The minimum absolute atomic E-state index is 0.0340. The monoisotopic (exact) mass is 344 g/mol. The molecule has 0 aliphatic rings. The Hall–Kier alpha value is -2.29. The molecule has 0 saturated heterocycles. The van der Waals surface area contributed by atoms with Crippen LogP contribution in [0.2, 0.25) is 0 Å². The molecule has 0 spiro atoms. The van der Waals surface area contributed by atoms with E-state index >= 15 is 0 Å². The van der Waals surface area contributed by atoms with Crippen molar-refractivity contribution in [3.63, 3.8) is 0 Å². The molecule has 1 aromatic carbocycles. The number of rotatable bonds is 5. The van der Waals surface area contributed by atoms with Crippen molar-refractivity contribution in [3.05, 3.63) is 47.4 Å². The summed E-state index contributed by atoms with van der Waals surface area (Å²) in [4.78, 5) is 12.0. The molecule has 0 radical (unpaired) electrons. The molecule has 1 atom stereocenters. The highest BCUT2D eigenvalue weighted by atomic mass is 32.2. The lowest BCUT2D eigenvalue weighted by molar-refractivity contribution is -0.115. The summed E-state index contributed by atoms with van der Waals surface area (Å²) in [7, 11) is -3.84. The molecule has 9 heteroatoms. The molecule has 0 aliphatic heterocycles. The topological polar surface area (TPSA) is 89.3 Å². The molecule has 0 saturated carbocycles. The number of halogens is 2. The Morgan fingerprint density at radius 2 is 2.00 bits per heavy atom. The van der Waals surface area contributed by atoms with E-state index in [4.69, 9.17) is 4.52 Å². The van der Waals surface area contributed by atoms with Gasteiger partial charge >= 0.3 is 0 Å². The number of hydrogen-bond acceptors (Lipinski definition) is 5. The quantitative estimate of drug-likeness (QED) is 0.898. The molecule has 0 aliphatic carbocycles. The van der Waals surface area contributed by atoms with Gasteiger partial charge in [-0.05, 0) is 26.0 Å². The maximum atomic E-state index is 13.1. The molecule has 1 N–H and O–H groups in total. The molecule has 2 aromatic rings. The van der Waals surface area contributed by atoms with Gasteiger partial charge < -0.3 is 9.84 Å². The van der Waals surface area contributed by atoms with Crippen molar-refractivity contribution in [3.8, 4) is 0 Å². The number of amides is 1. The first kappa shape index (κ1) is 17.1. The molecule has 124 valence electrons. The van der Waals surface area contributed by atoms with Crippen LogP contribution in [-0.2, 0) is 20.4 Å². The molecular formula is C14H14F2N2O4S. The number of aromatic nitrogens is 1. The average molecular weight is 344 g/mol. The van der Waals surface area contributed by atoms with Gasteiger partial charge in [0, 0.05) is 17.8 Å². The second-order valence-electron chi connectivity index (χ2n) is 5.00. The molecule has 0 bridgehead atoms. The zero-order valence-corrected chi connectivity index (χ0v) is 13.2. The number of sulfone groups is 1. The van der Waals surface area contributed by atoms with Gasteiger partial charge in [-0.15, -0.1) is 0 Å². The summed E-state index contributed by atoms with van der Waals surface area (Å²) < 4.78 is 55.1. The lowest BCUT2D eigenvalue weighted by Crippen LogP contribution is -2.33. The van der Waals surface area contributed by atoms with Crippen LogP contribution in [0.3, 0.4) is 0 Å². The highest BCUT2D eigenvalue weighted by molar-refractivity contribution is 7.92. The third-order valence-electron chi connectivity index (χ3n) is 3.12. The van der Waals surface area contributed by atoms with E-state index in [1.165, 1.54) is 13.0 Å².